The summed E-state index contributed by atoms with van der Waals surface area (Å²) in [7, 11) is 0. The minimum Gasteiger partial charge on any atom is -0.462 e. The Kier molecular flexibility index (Phi) is 4.95. The molecule has 3 nitrogen and oxygen atoms in total. The number of hydrogen-bond donors (Lipinski definition) is 1. The van der Waals surface area contributed by atoms with Crippen molar-refractivity contribution >= 4 is 11.5 Å². The van der Waals surface area contributed by atoms with Gasteiger partial charge in [-0.1, -0.05) is 56.3 Å². The van der Waals surface area contributed by atoms with E-state index in [0.717, 1.165) is 18.7 Å². The Morgan fingerprint density at radius 3 is 2.57 bits per heavy atom. The highest BCUT2D eigenvalue weighted by atomic mass is 16.6. The molecular weight excluding hydrogens is 346 g/mol. The third-order valence-corrected chi connectivity index (χ3v) is 7.26. The number of allylic oxidation sites excluding steroid dienone is 4. The van der Waals surface area contributed by atoms with Crippen molar-refractivity contribution in [3.8, 4) is 0 Å². The molecule has 1 aliphatic carbocycles. The highest BCUT2D eigenvalue weighted by Crippen LogP contribution is 2.56. The van der Waals surface area contributed by atoms with Crippen LogP contribution in [0.5, 0.6) is 0 Å². The fourth-order valence-electron chi connectivity index (χ4n) is 5.53. The zero-order valence-electron chi connectivity index (χ0n) is 17.3. The lowest BCUT2D eigenvalue weighted by atomic mass is 9.55. The number of fused-ring (bicyclic) bond motifs is 1. The Hall–Kier alpha value is -2.29. The minimum atomic E-state index is -0.352. The average Bonchev–Trinajstić information content (AvgIpc) is 2.92. The molecule has 148 valence electrons. The number of esters is 1. The second kappa shape index (κ2) is 7.27. The van der Waals surface area contributed by atoms with E-state index in [1.54, 1.807) is 0 Å². The van der Waals surface area contributed by atoms with E-state index >= 15 is 0 Å². The Morgan fingerprint density at radius 1 is 1.14 bits per heavy atom. The van der Waals surface area contributed by atoms with Gasteiger partial charge in [-0.05, 0) is 61.3 Å². The van der Waals surface area contributed by atoms with Crippen molar-refractivity contribution in [3.63, 3.8) is 0 Å². The number of ether oxygens (including phenoxy) is 1. The van der Waals surface area contributed by atoms with E-state index < -0.39 is 0 Å². The van der Waals surface area contributed by atoms with Crippen LogP contribution in [0.3, 0.4) is 0 Å². The predicted molar refractivity (Wildman–Crippen MR) is 113 cm³/mol. The van der Waals surface area contributed by atoms with E-state index in [9.17, 15) is 4.79 Å². The first-order valence-corrected chi connectivity index (χ1v) is 10.5. The summed E-state index contributed by atoms with van der Waals surface area (Å²) < 4.78 is 5.68. The van der Waals surface area contributed by atoms with Crippen molar-refractivity contribution in [1.82, 2.24) is 5.32 Å². The molecule has 2 heterocycles. The van der Waals surface area contributed by atoms with Gasteiger partial charge in [0.1, 0.15) is 6.10 Å². The number of benzene rings is 1. The van der Waals surface area contributed by atoms with Crippen molar-refractivity contribution in [2.24, 2.45) is 29.1 Å². The summed E-state index contributed by atoms with van der Waals surface area (Å²) in [6.45, 7) is 9.60. The largest absolute Gasteiger partial charge is 0.462 e. The summed E-state index contributed by atoms with van der Waals surface area (Å²) in [5, 5.41) is 3.53. The molecule has 0 bridgehead atoms. The molecule has 3 aliphatic rings. The van der Waals surface area contributed by atoms with Gasteiger partial charge in [0, 0.05) is 18.2 Å². The molecule has 2 fully saturated rings. The Morgan fingerprint density at radius 2 is 1.89 bits per heavy atom. The smallest absolute Gasteiger partial charge is 0.312 e. The fraction of sp³-hybridized carbons (Fsp3) is 0.480. The predicted octanol–water partition coefficient (Wildman–Crippen LogP) is 4.97. The van der Waals surface area contributed by atoms with Crippen molar-refractivity contribution in [2.75, 3.05) is 6.54 Å². The van der Waals surface area contributed by atoms with Crippen LogP contribution >= 0.6 is 0 Å². The van der Waals surface area contributed by atoms with Crippen molar-refractivity contribution in [2.45, 2.75) is 40.2 Å². The molecule has 6 atom stereocenters. The second-order valence-electron chi connectivity index (χ2n) is 9.06. The Bertz CT molecular complexity index is 837. The zero-order valence-corrected chi connectivity index (χ0v) is 17.3. The molecule has 2 aliphatic heterocycles. The Balaban J connectivity index is 1.56. The molecule has 0 radical (unpaired) electrons. The van der Waals surface area contributed by atoms with E-state index in [2.05, 4.69) is 81.6 Å². The van der Waals surface area contributed by atoms with Gasteiger partial charge in [0.05, 0.1) is 5.41 Å². The molecule has 1 saturated heterocycles. The highest BCUT2D eigenvalue weighted by molar-refractivity contribution is 5.79. The molecular formula is C25H31NO2. The van der Waals surface area contributed by atoms with Gasteiger partial charge >= 0.3 is 5.97 Å². The van der Waals surface area contributed by atoms with E-state index in [4.69, 9.17) is 4.74 Å². The molecule has 1 saturated carbocycles. The topological polar surface area (TPSA) is 38.3 Å². The SMILES string of the molecule is CC1C[C@@]2(C)C(=O)O[C@H](C)[C@H]2[C@@H](/C=C/C2=CC=C(c3ccccc3)CN2)[C@@H]1C. The third kappa shape index (κ3) is 3.21. The van der Waals surface area contributed by atoms with E-state index in [1.165, 1.54) is 11.1 Å². The first-order chi connectivity index (χ1) is 13.4. The fourth-order valence-corrected chi connectivity index (χ4v) is 5.53. The van der Waals surface area contributed by atoms with E-state index in [1.807, 2.05) is 6.07 Å². The molecule has 0 amide bonds. The summed E-state index contributed by atoms with van der Waals surface area (Å²) in [5.41, 5.74) is 3.34. The van der Waals surface area contributed by atoms with Crippen LogP contribution < -0.4 is 5.32 Å². The molecule has 1 aromatic carbocycles. The maximum absolute atomic E-state index is 12.5. The van der Waals surface area contributed by atoms with Crippen LogP contribution in [0, 0.1) is 29.1 Å². The molecule has 4 rings (SSSR count). The van der Waals surface area contributed by atoms with Gasteiger partial charge in [-0.25, -0.2) is 0 Å². The van der Waals surface area contributed by atoms with Crippen molar-refractivity contribution in [3.05, 3.63) is 65.9 Å². The molecule has 0 spiro atoms. The van der Waals surface area contributed by atoms with Gasteiger partial charge in [0.2, 0.25) is 0 Å². The number of cyclic esters (lactones) is 1. The van der Waals surface area contributed by atoms with Crippen LogP contribution in [0.25, 0.3) is 5.57 Å². The molecule has 0 aromatic heterocycles. The average molecular weight is 378 g/mol. The number of hydrogen-bond acceptors (Lipinski definition) is 3. The van der Waals surface area contributed by atoms with Gasteiger partial charge in [0.25, 0.3) is 0 Å². The van der Waals surface area contributed by atoms with E-state index in [-0.39, 0.29) is 23.4 Å². The number of nitrogens with one attached hydrogen (secondary N) is 1. The lowest BCUT2D eigenvalue weighted by Crippen LogP contribution is -2.46. The van der Waals surface area contributed by atoms with Gasteiger partial charge < -0.3 is 10.1 Å². The number of carbonyl (C=O) groups is 1. The summed E-state index contributed by atoms with van der Waals surface area (Å²) in [4.78, 5) is 12.5. The maximum atomic E-state index is 12.5. The van der Waals surface area contributed by atoms with Crippen LogP contribution in [-0.4, -0.2) is 18.6 Å². The molecule has 28 heavy (non-hydrogen) atoms. The normalized spacial score (nSPS) is 37.7. The number of rotatable bonds is 3. The molecule has 1 unspecified atom stereocenters. The standard InChI is InChI=1S/C25H31NO2/c1-16-14-25(4)23(18(3)28-24(25)27)22(17(16)2)13-12-21-11-10-20(15-26-21)19-8-6-5-7-9-19/h5-13,16-18,22-23,26H,14-15H2,1-4H3/b13-12+/t16?,17-,18-,22+,23+,25-/m1/s1. The van der Waals surface area contributed by atoms with Crippen LogP contribution in [0.15, 0.2) is 60.3 Å². The Labute approximate surface area is 168 Å². The number of carbonyl (C=O) groups excluding carboxylic acids is 1. The van der Waals surface area contributed by atoms with Gasteiger partial charge in [-0.2, -0.15) is 0 Å². The van der Waals surface area contributed by atoms with Gasteiger partial charge in [-0.3, -0.25) is 4.79 Å². The van der Waals surface area contributed by atoms with Gasteiger partial charge in [0.15, 0.2) is 0 Å². The molecule has 1 aromatic rings. The lowest BCUT2D eigenvalue weighted by Gasteiger charge is -2.45. The van der Waals surface area contributed by atoms with Crippen LogP contribution in [0.4, 0.5) is 0 Å². The first-order valence-electron chi connectivity index (χ1n) is 10.5. The van der Waals surface area contributed by atoms with Gasteiger partial charge in [-0.15, -0.1) is 0 Å². The number of dihydropyridines is 1. The van der Waals surface area contributed by atoms with Crippen LogP contribution in [-0.2, 0) is 9.53 Å². The maximum Gasteiger partial charge on any atom is 0.312 e. The first kappa shape index (κ1) is 19.0. The molecule has 1 N–H and O–H groups in total. The summed E-state index contributed by atoms with van der Waals surface area (Å²) in [5.74, 6) is 1.63. The summed E-state index contributed by atoms with van der Waals surface area (Å²) >= 11 is 0. The second-order valence-corrected chi connectivity index (χ2v) is 9.06. The quantitative estimate of drug-likeness (QED) is 0.756. The van der Waals surface area contributed by atoms with Crippen molar-refractivity contribution < 1.29 is 9.53 Å². The monoisotopic (exact) mass is 377 g/mol. The van der Waals surface area contributed by atoms with Crippen molar-refractivity contribution in [1.29, 1.82) is 0 Å². The lowest BCUT2D eigenvalue weighted by molar-refractivity contribution is -0.149. The summed E-state index contributed by atoms with van der Waals surface area (Å²) in [6.07, 6.45) is 9.79. The minimum absolute atomic E-state index is 0.00686. The summed E-state index contributed by atoms with van der Waals surface area (Å²) in [6, 6.07) is 10.5. The molecule has 3 heteroatoms. The van der Waals surface area contributed by atoms with E-state index in [0.29, 0.717) is 17.8 Å². The van der Waals surface area contributed by atoms with Crippen LogP contribution in [0.1, 0.15) is 39.7 Å². The highest BCUT2D eigenvalue weighted by Gasteiger charge is 2.59. The zero-order chi connectivity index (χ0) is 19.9. The third-order valence-electron chi connectivity index (χ3n) is 7.26. The van der Waals surface area contributed by atoms with Crippen LogP contribution in [0.2, 0.25) is 0 Å².